The van der Waals surface area contributed by atoms with Gasteiger partial charge < -0.3 is 19.1 Å². The van der Waals surface area contributed by atoms with Crippen LogP contribution in [0.15, 0.2) is 29.5 Å². The standard InChI is InChI=1S/C20H24NO4S2/c1-11-6-7-16(27-11)20(23,15-5-4-8-26-15)19(22)24-12-9-13-17-18(25-17)14(10-12)21(13,2)3/h4-8,12-14,17-18,23H,9-10H2,1-3H3/q+1/i4D,5D,6D,7D,8D. The van der Waals surface area contributed by atoms with Crippen LogP contribution >= 0.6 is 22.7 Å². The largest absolute Gasteiger partial charge is 0.459 e. The van der Waals surface area contributed by atoms with Crippen LogP contribution in [0.4, 0.5) is 0 Å². The Labute approximate surface area is 173 Å². The van der Waals surface area contributed by atoms with Crippen LogP contribution in [0.25, 0.3) is 0 Å². The summed E-state index contributed by atoms with van der Waals surface area (Å²) in [7, 11) is 4.30. The van der Waals surface area contributed by atoms with Gasteiger partial charge in [0.1, 0.15) is 30.4 Å². The zero-order valence-electron chi connectivity index (χ0n) is 20.2. The Hall–Kier alpha value is -1.25. The number of esters is 1. The fourth-order valence-corrected chi connectivity index (χ4v) is 6.24. The molecule has 2 aromatic rings. The summed E-state index contributed by atoms with van der Waals surface area (Å²) in [4.78, 5) is 13.6. The molecular formula is C20H24NO4S2+. The van der Waals surface area contributed by atoms with Crippen molar-refractivity contribution >= 4 is 28.6 Å². The van der Waals surface area contributed by atoms with Crippen LogP contribution in [0.1, 0.15) is 34.3 Å². The van der Waals surface area contributed by atoms with E-state index in [0.29, 0.717) is 29.1 Å². The topological polar surface area (TPSA) is 59.1 Å². The first-order chi connectivity index (χ1) is 14.9. The number of nitrogens with zero attached hydrogens (tertiary/aromatic N) is 1. The van der Waals surface area contributed by atoms with Gasteiger partial charge in [-0.3, -0.25) is 0 Å². The maximum atomic E-state index is 13.5. The molecule has 5 rings (SSSR count). The third-order valence-electron chi connectivity index (χ3n) is 6.25. The van der Waals surface area contributed by atoms with Gasteiger partial charge in [0.05, 0.1) is 30.7 Å². The summed E-state index contributed by atoms with van der Waals surface area (Å²) >= 11 is 1.59. The van der Waals surface area contributed by atoms with E-state index >= 15 is 0 Å². The number of piperidine rings is 1. The van der Waals surface area contributed by atoms with Crippen molar-refractivity contribution in [1.29, 1.82) is 0 Å². The fraction of sp³-hybridized carbons (Fsp3) is 0.550. The lowest BCUT2D eigenvalue weighted by atomic mass is 9.95. The van der Waals surface area contributed by atoms with Gasteiger partial charge in [0.15, 0.2) is 0 Å². The number of fused-ring (bicyclic) bond motifs is 5. The molecule has 0 amide bonds. The van der Waals surface area contributed by atoms with Gasteiger partial charge in [0.25, 0.3) is 0 Å². The van der Waals surface area contributed by atoms with Crippen molar-refractivity contribution in [1.82, 2.24) is 0 Å². The maximum absolute atomic E-state index is 13.5. The second-order valence-corrected chi connectivity index (χ2v) is 10.1. The normalized spacial score (nSPS) is 37.9. The molecule has 5 heterocycles. The zero-order valence-corrected chi connectivity index (χ0v) is 16.9. The summed E-state index contributed by atoms with van der Waals surface area (Å²) in [5, 5.41) is 11.5. The summed E-state index contributed by atoms with van der Waals surface area (Å²) in [5.41, 5.74) is -2.51. The van der Waals surface area contributed by atoms with Gasteiger partial charge in [-0.1, -0.05) is 6.04 Å². The summed E-state index contributed by atoms with van der Waals surface area (Å²) in [5.74, 6) is -1.02. The third-order valence-corrected chi connectivity index (χ3v) is 8.07. The Bertz CT molecular complexity index is 1060. The van der Waals surface area contributed by atoms with E-state index < -0.39 is 29.8 Å². The van der Waals surface area contributed by atoms with E-state index in [9.17, 15) is 9.90 Å². The number of aryl methyl sites for hydroxylation is 1. The van der Waals surface area contributed by atoms with E-state index in [-0.39, 0.29) is 51.5 Å². The molecule has 3 aliphatic heterocycles. The SMILES string of the molecule is [2H]c1sc(C(O)(C(=O)OC2CC3C4OC4C(C2)[N+]3(C)C)c2sc(C)c([2H])c2[2H])c([2H])c1[2H]. The molecule has 5 unspecified atom stereocenters. The second kappa shape index (κ2) is 5.87. The number of rotatable bonds is 4. The average molecular weight is 412 g/mol. The van der Waals surface area contributed by atoms with Gasteiger partial charge in [-0.2, -0.15) is 0 Å². The molecule has 7 heteroatoms. The molecule has 1 N–H and O–H groups in total. The van der Waals surface area contributed by atoms with Crippen molar-refractivity contribution < 1.29 is 30.7 Å². The second-order valence-electron chi connectivity index (χ2n) is 8.06. The number of hydrogen-bond donors (Lipinski definition) is 1. The van der Waals surface area contributed by atoms with Crippen LogP contribution in [-0.2, 0) is 19.9 Å². The van der Waals surface area contributed by atoms with Crippen molar-refractivity contribution in [2.24, 2.45) is 0 Å². The van der Waals surface area contributed by atoms with E-state index in [1.165, 1.54) is 0 Å². The van der Waals surface area contributed by atoms with E-state index in [2.05, 4.69) is 14.1 Å². The number of likely N-dealkylation sites (N-methyl/N-ethyl adjacent to an activating group) is 1. The number of morpholine rings is 1. The van der Waals surface area contributed by atoms with E-state index in [1.54, 1.807) is 6.92 Å². The van der Waals surface area contributed by atoms with Gasteiger partial charge in [0.2, 0.25) is 5.60 Å². The van der Waals surface area contributed by atoms with Crippen LogP contribution in [-0.4, -0.2) is 60.0 Å². The first-order valence-corrected chi connectivity index (χ1v) is 10.6. The molecule has 0 aliphatic carbocycles. The molecule has 0 radical (unpaired) electrons. The molecule has 144 valence electrons. The monoisotopic (exact) mass is 411 g/mol. The number of hydrogen-bond acceptors (Lipinski definition) is 6. The molecule has 5 nitrogen and oxygen atoms in total. The zero-order chi connectivity index (χ0) is 23.3. The number of ether oxygens (including phenoxy) is 2. The van der Waals surface area contributed by atoms with Crippen LogP contribution in [0.2, 0.25) is 0 Å². The molecule has 3 fully saturated rings. The summed E-state index contributed by atoms with van der Waals surface area (Å²) in [6.45, 7) is 1.62. The maximum Gasteiger partial charge on any atom is 0.349 e. The van der Waals surface area contributed by atoms with Crippen LogP contribution in [0, 0.1) is 6.92 Å². The van der Waals surface area contributed by atoms with Gasteiger partial charge in [-0.25, -0.2) is 4.79 Å². The van der Waals surface area contributed by atoms with Crippen molar-refractivity contribution in [2.45, 2.75) is 55.8 Å². The van der Waals surface area contributed by atoms with Gasteiger partial charge in [-0.15, -0.1) is 22.7 Å². The van der Waals surface area contributed by atoms with Gasteiger partial charge in [0, 0.05) is 17.7 Å². The minimum absolute atomic E-state index is 0.108. The molecule has 0 aromatic carbocycles. The smallest absolute Gasteiger partial charge is 0.349 e. The fourth-order valence-electron chi connectivity index (χ4n) is 4.69. The number of aliphatic hydroxyl groups is 1. The number of carbonyl (C=O) groups is 1. The van der Waals surface area contributed by atoms with Crippen LogP contribution in [0.3, 0.4) is 0 Å². The minimum Gasteiger partial charge on any atom is -0.459 e. The molecule has 3 saturated heterocycles. The van der Waals surface area contributed by atoms with E-state index in [4.69, 9.17) is 16.3 Å². The lowest BCUT2D eigenvalue weighted by Gasteiger charge is -2.45. The van der Waals surface area contributed by atoms with Crippen LogP contribution < -0.4 is 0 Å². The van der Waals surface area contributed by atoms with Crippen molar-refractivity contribution in [2.75, 3.05) is 14.1 Å². The van der Waals surface area contributed by atoms with Crippen molar-refractivity contribution in [3.63, 3.8) is 0 Å². The number of quaternary nitrogens is 1. The highest BCUT2D eigenvalue weighted by Crippen LogP contribution is 2.52. The Morgan fingerprint density at radius 1 is 1.30 bits per heavy atom. The lowest BCUT2D eigenvalue weighted by Crippen LogP contribution is -2.60. The summed E-state index contributed by atoms with van der Waals surface area (Å²) in [6, 6.07) is -0.874. The van der Waals surface area contributed by atoms with Gasteiger partial charge >= 0.3 is 5.97 Å². The quantitative estimate of drug-likeness (QED) is 0.477. The minimum atomic E-state index is -2.51. The molecule has 0 saturated carbocycles. The Morgan fingerprint density at radius 3 is 2.56 bits per heavy atom. The Balaban J connectivity index is 1.52. The Kier molecular flexibility index (Phi) is 2.84. The molecular weight excluding hydrogens is 382 g/mol. The Morgan fingerprint density at radius 2 is 2.00 bits per heavy atom. The van der Waals surface area contributed by atoms with E-state index in [0.717, 1.165) is 15.8 Å². The lowest BCUT2D eigenvalue weighted by molar-refractivity contribution is -0.938. The molecule has 5 atom stereocenters. The predicted octanol–water partition coefficient (Wildman–Crippen LogP) is 2.65. The van der Waals surface area contributed by atoms with Crippen LogP contribution in [0.5, 0.6) is 0 Å². The highest BCUT2D eigenvalue weighted by Gasteiger charge is 2.71. The van der Waals surface area contributed by atoms with Crippen molar-refractivity contribution in [3.05, 3.63) is 44.2 Å². The summed E-state index contributed by atoms with van der Waals surface area (Å²) in [6.07, 6.45) is 1.05. The van der Waals surface area contributed by atoms with E-state index in [1.807, 2.05) is 0 Å². The highest BCUT2D eigenvalue weighted by molar-refractivity contribution is 7.13. The molecule has 2 bridgehead atoms. The van der Waals surface area contributed by atoms with Gasteiger partial charge in [-0.05, 0) is 30.4 Å². The number of carbonyl (C=O) groups excluding carboxylic acids is 1. The molecule has 2 aromatic heterocycles. The highest BCUT2D eigenvalue weighted by atomic mass is 32.1. The molecule has 0 spiro atoms. The van der Waals surface area contributed by atoms with Crippen molar-refractivity contribution in [3.8, 4) is 0 Å². The first-order valence-electron chi connectivity index (χ1n) is 11.4. The average Bonchev–Trinajstić information content (AvgIpc) is 3.39. The molecule has 3 aliphatic rings. The predicted molar refractivity (Wildman–Crippen MR) is 104 cm³/mol. The third kappa shape index (κ3) is 2.56. The first kappa shape index (κ1) is 13.1. The molecule has 27 heavy (non-hydrogen) atoms. The summed E-state index contributed by atoms with van der Waals surface area (Å²) < 4.78 is 52.8. The number of epoxide rings is 1. The number of thiophene rings is 2.